The molecule has 2 aromatic heterocycles. The lowest BCUT2D eigenvalue weighted by Crippen LogP contribution is -2.17. The van der Waals surface area contributed by atoms with Gasteiger partial charge in [-0.25, -0.2) is 9.67 Å². The summed E-state index contributed by atoms with van der Waals surface area (Å²) < 4.78 is 7.14. The summed E-state index contributed by atoms with van der Waals surface area (Å²) in [5.74, 6) is 1.66. The van der Waals surface area contributed by atoms with Gasteiger partial charge in [0.25, 0.3) is 0 Å². The number of nitrogens with two attached hydrogens (primary N) is 1. The molecule has 2 rings (SSSR count). The number of aromatic nitrogens is 3. The van der Waals surface area contributed by atoms with E-state index in [1.54, 1.807) is 12.6 Å². The largest absolute Gasteiger partial charge is 0.468 e. The van der Waals surface area contributed by atoms with E-state index >= 15 is 0 Å². The van der Waals surface area contributed by atoms with E-state index in [1.807, 2.05) is 16.8 Å². The molecular weight excluding hydrogens is 204 g/mol. The second-order valence-electron chi connectivity index (χ2n) is 4.04. The Bertz CT molecular complexity index is 433. The lowest BCUT2D eigenvalue weighted by molar-refractivity contribution is 0.442. The molecule has 86 valence electrons. The fourth-order valence-corrected chi connectivity index (χ4v) is 1.65. The van der Waals surface area contributed by atoms with Crippen LogP contribution in [-0.2, 0) is 6.42 Å². The van der Waals surface area contributed by atoms with Crippen LogP contribution in [0.25, 0.3) is 0 Å². The third-order valence-electron chi connectivity index (χ3n) is 2.45. The molecule has 0 aliphatic rings. The van der Waals surface area contributed by atoms with Crippen molar-refractivity contribution < 1.29 is 4.42 Å². The van der Waals surface area contributed by atoms with E-state index < -0.39 is 0 Å². The molecule has 1 unspecified atom stereocenters. The molecule has 0 spiro atoms. The zero-order valence-corrected chi connectivity index (χ0v) is 9.50. The summed E-state index contributed by atoms with van der Waals surface area (Å²) in [6, 6.07) is 3.83. The SMILES string of the molecule is CC(C)n1ncnc1CC(N)c1ccco1. The van der Waals surface area contributed by atoms with Crippen molar-refractivity contribution in [2.45, 2.75) is 32.4 Å². The highest BCUT2D eigenvalue weighted by molar-refractivity contribution is 5.06. The molecule has 0 saturated heterocycles. The summed E-state index contributed by atoms with van der Waals surface area (Å²) >= 11 is 0. The van der Waals surface area contributed by atoms with Gasteiger partial charge in [0, 0.05) is 12.5 Å². The highest BCUT2D eigenvalue weighted by Gasteiger charge is 2.15. The van der Waals surface area contributed by atoms with Crippen LogP contribution in [0, 0.1) is 0 Å². The fourth-order valence-electron chi connectivity index (χ4n) is 1.65. The van der Waals surface area contributed by atoms with Crippen LogP contribution in [0.3, 0.4) is 0 Å². The summed E-state index contributed by atoms with van der Waals surface area (Å²) in [7, 11) is 0. The summed E-state index contributed by atoms with van der Waals surface area (Å²) in [4.78, 5) is 4.22. The van der Waals surface area contributed by atoms with Crippen molar-refractivity contribution in [3.63, 3.8) is 0 Å². The van der Waals surface area contributed by atoms with E-state index in [0.717, 1.165) is 11.6 Å². The average molecular weight is 220 g/mol. The van der Waals surface area contributed by atoms with E-state index in [0.29, 0.717) is 12.5 Å². The van der Waals surface area contributed by atoms with Crippen molar-refractivity contribution in [2.75, 3.05) is 0 Å². The molecule has 2 heterocycles. The smallest absolute Gasteiger partial charge is 0.138 e. The predicted octanol–water partition coefficient (Wildman–Crippen LogP) is 1.69. The van der Waals surface area contributed by atoms with Crippen molar-refractivity contribution in [2.24, 2.45) is 5.73 Å². The average Bonchev–Trinajstić information content (AvgIpc) is 2.86. The molecule has 2 N–H and O–H groups in total. The molecule has 0 fully saturated rings. The third kappa shape index (κ3) is 2.14. The Balaban J connectivity index is 2.12. The Morgan fingerprint density at radius 2 is 2.31 bits per heavy atom. The maximum absolute atomic E-state index is 6.02. The quantitative estimate of drug-likeness (QED) is 0.851. The predicted molar refractivity (Wildman–Crippen MR) is 59.7 cm³/mol. The van der Waals surface area contributed by atoms with Crippen LogP contribution in [0.2, 0.25) is 0 Å². The van der Waals surface area contributed by atoms with Gasteiger partial charge in [0.05, 0.1) is 12.3 Å². The molecule has 0 aromatic carbocycles. The Labute approximate surface area is 94.3 Å². The van der Waals surface area contributed by atoms with Gasteiger partial charge in [-0.2, -0.15) is 5.10 Å². The Morgan fingerprint density at radius 3 is 2.94 bits per heavy atom. The molecule has 16 heavy (non-hydrogen) atoms. The van der Waals surface area contributed by atoms with Gasteiger partial charge in [-0.3, -0.25) is 0 Å². The van der Waals surface area contributed by atoms with Gasteiger partial charge < -0.3 is 10.2 Å². The molecule has 0 aliphatic carbocycles. The first-order chi connectivity index (χ1) is 7.68. The van der Waals surface area contributed by atoms with Gasteiger partial charge in [-0.15, -0.1) is 0 Å². The van der Waals surface area contributed by atoms with E-state index in [1.165, 1.54) is 0 Å². The van der Waals surface area contributed by atoms with Gasteiger partial charge in [0.15, 0.2) is 0 Å². The van der Waals surface area contributed by atoms with Crippen molar-refractivity contribution >= 4 is 0 Å². The van der Waals surface area contributed by atoms with E-state index in [4.69, 9.17) is 10.2 Å². The zero-order chi connectivity index (χ0) is 11.5. The molecule has 1 atom stereocenters. The fraction of sp³-hybridized carbons (Fsp3) is 0.455. The minimum Gasteiger partial charge on any atom is -0.468 e. The van der Waals surface area contributed by atoms with Crippen LogP contribution in [0.15, 0.2) is 29.1 Å². The van der Waals surface area contributed by atoms with Crippen LogP contribution < -0.4 is 5.73 Å². The minimum atomic E-state index is -0.170. The van der Waals surface area contributed by atoms with E-state index in [-0.39, 0.29) is 6.04 Å². The van der Waals surface area contributed by atoms with Gasteiger partial charge in [-0.1, -0.05) is 0 Å². The molecule has 0 radical (unpaired) electrons. The van der Waals surface area contributed by atoms with Crippen LogP contribution >= 0.6 is 0 Å². The first-order valence-electron chi connectivity index (χ1n) is 5.36. The van der Waals surface area contributed by atoms with Gasteiger partial charge >= 0.3 is 0 Å². The topological polar surface area (TPSA) is 69.9 Å². The van der Waals surface area contributed by atoms with Crippen LogP contribution in [-0.4, -0.2) is 14.8 Å². The van der Waals surface area contributed by atoms with Crippen molar-refractivity contribution in [1.29, 1.82) is 0 Å². The number of rotatable bonds is 4. The summed E-state index contributed by atoms with van der Waals surface area (Å²) in [6.45, 7) is 4.13. The highest BCUT2D eigenvalue weighted by atomic mass is 16.3. The second-order valence-corrected chi connectivity index (χ2v) is 4.04. The van der Waals surface area contributed by atoms with Crippen LogP contribution in [0.4, 0.5) is 0 Å². The molecule has 2 aromatic rings. The maximum Gasteiger partial charge on any atom is 0.138 e. The highest BCUT2D eigenvalue weighted by Crippen LogP contribution is 2.16. The lowest BCUT2D eigenvalue weighted by atomic mass is 10.1. The number of furan rings is 1. The van der Waals surface area contributed by atoms with Crippen molar-refractivity contribution in [3.05, 3.63) is 36.3 Å². The molecule has 5 nitrogen and oxygen atoms in total. The number of nitrogens with zero attached hydrogens (tertiary/aromatic N) is 3. The molecule has 0 saturated carbocycles. The molecular formula is C11H16N4O. The van der Waals surface area contributed by atoms with E-state index in [2.05, 4.69) is 23.9 Å². The normalized spacial score (nSPS) is 13.2. The van der Waals surface area contributed by atoms with Crippen molar-refractivity contribution in [1.82, 2.24) is 14.8 Å². The zero-order valence-electron chi connectivity index (χ0n) is 9.50. The summed E-state index contributed by atoms with van der Waals surface area (Å²) in [6.07, 6.45) is 3.82. The molecule has 0 aliphatic heterocycles. The second kappa shape index (κ2) is 4.49. The first-order valence-corrected chi connectivity index (χ1v) is 5.36. The van der Waals surface area contributed by atoms with Gasteiger partial charge in [0.2, 0.25) is 0 Å². The summed E-state index contributed by atoms with van der Waals surface area (Å²) in [5.41, 5.74) is 6.02. The van der Waals surface area contributed by atoms with Gasteiger partial charge in [0.1, 0.15) is 17.9 Å². The Morgan fingerprint density at radius 1 is 1.50 bits per heavy atom. The van der Waals surface area contributed by atoms with Crippen LogP contribution in [0.1, 0.15) is 37.5 Å². The Kier molecular flexibility index (Phi) is 3.05. The molecule has 0 amide bonds. The van der Waals surface area contributed by atoms with E-state index in [9.17, 15) is 0 Å². The molecule has 0 bridgehead atoms. The van der Waals surface area contributed by atoms with Crippen LogP contribution in [0.5, 0.6) is 0 Å². The minimum absolute atomic E-state index is 0.170. The first kappa shape index (κ1) is 10.9. The Hall–Kier alpha value is -1.62. The van der Waals surface area contributed by atoms with Crippen molar-refractivity contribution in [3.8, 4) is 0 Å². The molecule has 5 heteroatoms. The number of hydrogen-bond acceptors (Lipinski definition) is 4. The number of hydrogen-bond donors (Lipinski definition) is 1. The monoisotopic (exact) mass is 220 g/mol. The summed E-state index contributed by atoms with van der Waals surface area (Å²) in [5, 5.41) is 4.17. The standard InChI is InChI=1S/C11H16N4O/c1-8(2)15-11(13-7-14-15)6-9(12)10-4-3-5-16-10/h3-5,7-9H,6,12H2,1-2H3. The third-order valence-corrected chi connectivity index (χ3v) is 2.45. The maximum atomic E-state index is 6.02. The lowest BCUT2D eigenvalue weighted by Gasteiger charge is -2.12. The van der Waals surface area contributed by atoms with Gasteiger partial charge in [-0.05, 0) is 26.0 Å².